The van der Waals surface area contributed by atoms with Gasteiger partial charge in [-0.1, -0.05) is 5.11 Å². The number of likely N-dealkylation sites (tertiary alicyclic amines) is 1. The normalized spacial score (nSPS) is 23.1. The lowest BCUT2D eigenvalue weighted by atomic mass is 10.2. The molecule has 1 amide bonds. The van der Waals surface area contributed by atoms with Crippen molar-refractivity contribution in [3.8, 4) is 0 Å². The Bertz CT molecular complexity index is 360. The number of rotatable bonds is 4. The average molecular weight is 270 g/mol. The van der Waals surface area contributed by atoms with E-state index in [0.717, 1.165) is 0 Å². The molecule has 1 rings (SSSR count). The van der Waals surface area contributed by atoms with Crippen LogP contribution in [0.3, 0.4) is 0 Å². The molecule has 0 aliphatic carbocycles. The van der Waals surface area contributed by atoms with Crippen molar-refractivity contribution in [2.75, 3.05) is 19.8 Å². The quantitative estimate of drug-likeness (QED) is 0.447. The highest BCUT2D eigenvalue weighted by atomic mass is 16.6. The first-order chi connectivity index (χ1) is 8.87. The molecule has 0 spiro atoms. The summed E-state index contributed by atoms with van der Waals surface area (Å²) < 4.78 is 10.7. The van der Waals surface area contributed by atoms with Crippen molar-refractivity contribution >= 4 is 6.09 Å². The van der Waals surface area contributed by atoms with Crippen LogP contribution in [0.4, 0.5) is 4.79 Å². The van der Waals surface area contributed by atoms with E-state index in [-0.39, 0.29) is 18.2 Å². The van der Waals surface area contributed by atoms with E-state index in [1.807, 2.05) is 27.7 Å². The molecule has 7 heteroatoms. The van der Waals surface area contributed by atoms with E-state index in [1.54, 1.807) is 4.90 Å². The fourth-order valence-corrected chi connectivity index (χ4v) is 2.00. The molecule has 0 aromatic rings. The molecule has 1 aliphatic heterocycles. The Hall–Kier alpha value is -1.46. The van der Waals surface area contributed by atoms with Gasteiger partial charge in [0.2, 0.25) is 0 Å². The second kappa shape index (κ2) is 6.63. The first-order valence-electron chi connectivity index (χ1n) is 6.49. The lowest BCUT2D eigenvalue weighted by Gasteiger charge is -2.28. The standard InChI is InChI=1S/C12H22N4O3/c1-5-18-8-10-6-9(14-15-13)7-16(10)11(17)19-12(2,3)4/h9-10H,5-8H2,1-4H3/t9-,10-/m1/s1. The van der Waals surface area contributed by atoms with Gasteiger partial charge >= 0.3 is 6.09 Å². The minimum absolute atomic E-state index is 0.0923. The zero-order valence-corrected chi connectivity index (χ0v) is 12.0. The van der Waals surface area contributed by atoms with Crippen LogP contribution in [0, 0.1) is 0 Å². The molecule has 1 fully saturated rings. The third-order valence-corrected chi connectivity index (χ3v) is 2.75. The van der Waals surface area contributed by atoms with E-state index in [2.05, 4.69) is 10.0 Å². The number of carbonyl (C=O) groups excluding carboxylic acids is 1. The summed E-state index contributed by atoms with van der Waals surface area (Å²) in [7, 11) is 0. The third-order valence-electron chi connectivity index (χ3n) is 2.75. The van der Waals surface area contributed by atoms with Crippen molar-refractivity contribution in [1.29, 1.82) is 0 Å². The van der Waals surface area contributed by atoms with Gasteiger partial charge in [0, 0.05) is 18.1 Å². The maximum Gasteiger partial charge on any atom is 0.410 e. The second-order valence-electron chi connectivity index (χ2n) is 5.54. The Balaban J connectivity index is 2.70. The van der Waals surface area contributed by atoms with Crippen molar-refractivity contribution in [2.45, 2.75) is 51.8 Å². The van der Waals surface area contributed by atoms with Crippen LogP contribution in [0.15, 0.2) is 5.11 Å². The minimum atomic E-state index is -0.538. The maximum atomic E-state index is 12.1. The van der Waals surface area contributed by atoms with Crippen LogP contribution >= 0.6 is 0 Å². The van der Waals surface area contributed by atoms with Crippen molar-refractivity contribution in [2.24, 2.45) is 5.11 Å². The Kier molecular flexibility index (Phi) is 5.44. The summed E-state index contributed by atoms with van der Waals surface area (Å²) >= 11 is 0. The van der Waals surface area contributed by atoms with Gasteiger partial charge in [-0.05, 0) is 39.6 Å². The number of amides is 1. The van der Waals surface area contributed by atoms with Crippen LogP contribution in [0.1, 0.15) is 34.1 Å². The van der Waals surface area contributed by atoms with Crippen molar-refractivity contribution in [3.05, 3.63) is 10.4 Å². The largest absolute Gasteiger partial charge is 0.444 e. The highest BCUT2D eigenvalue weighted by molar-refractivity contribution is 5.69. The molecule has 0 bridgehead atoms. The molecular weight excluding hydrogens is 248 g/mol. The van der Waals surface area contributed by atoms with Gasteiger partial charge in [0.1, 0.15) is 5.60 Å². The third kappa shape index (κ3) is 4.96. The highest BCUT2D eigenvalue weighted by Crippen LogP contribution is 2.23. The van der Waals surface area contributed by atoms with Crippen LogP contribution in [0.5, 0.6) is 0 Å². The predicted molar refractivity (Wildman–Crippen MR) is 70.8 cm³/mol. The number of azide groups is 1. The SMILES string of the molecule is CCOC[C@H]1C[C@@H](N=[N+]=[N-])CN1C(=O)OC(C)(C)C. The molecule has 0 unspecified atom stereocenters. The Labute approximate surface area is 113 Å². The molecule has 2 atom stereocenters. The summed E-state index contributed by atoms with van der Waals surface area (Å²) in [5.74, 6) is 0. The average Bonchev–Trinajstić information content (AvgIpc) is 2.68. The van der Waals surface area contributed by atoms with Crippen LogP contribution in [-0.4, -0.2) is 48.4 Å². The lowest BCUT2D eigenvalue weighted by molar-refractivity contribution is 0.0116. The Morgan fingerprint density at radius 3 is 2.74 bits per heavy atom. The van der Waals surface area contributed by atoms with Crippen LogP contribution in [0.2, 0.25) is 0 Å². The van der Waals surface area contributed by atoms with E-state index in [1.165, 1.54) is 0 Å². The Morgan fingerprint density at radius 2 is 2.21 bits per heavy atom. The van der Waals surface area contributed by atoms with E-state index in [4.69, 9.17) is 15.0 Å². The summed E-state index contributed by atoms with van der Waals surface area (Å²) in [6.07, 6.45) is 0.233. The topological polar surface area (TPSA) is 87.5 Å². The van der Waals surface area contributed by atoms with Crippen LogP contribution < -0.4 is 0 Å². The van der Waals surface area contributed by atoms with Gasteiger partial charge in [-0.3, -0.25) is 0 Å². The van der Waals surface area contributed by atoms with E-state index in [0.29, 0.717) is 26.2 Å². The molecule has 0 aromatic carbocycles. The van der Waals surface area contributed by atoms with Crippen LogP contribution in [-0.2, 0) is 9.47 Å². The molecule has 1 heterocycles. The molecule has 19 heavy (non-hydrogen) atoms. The number of hydrogen-bond donors (Lipinski definition) is 0. The molecule has 1 saturated heterocycles. The second-order valence-corrected chi connectivity index (χ2v) is 5.54. The molecular formula is C12H22N4O3. The molecule has 1 aliphatic rings. The monoisotopic (exact) mass is 270 g/mol. The van der Waals surface area contributed by atoms with Gasteiger partial charge in [0.15, 0.2) is 0 Å². The van der Waals surface area contributed by atoms with Gasteiger partial charge in [0.05, 0.1) is 18.7 Å². The number of ether oxygens (including phenoxy) is 2. The summed E-state index contributed by atoms with van der Waals surface area (Å²) in [6.45, 7) is 8.78. The predicted octanol–water partition coefficient (Wildman–Crippen LogP) is 2.71. The van der Waals surface area contributed by atoms with Gasteiger partial charge in [-0.15, -0.1) is 0 Å². The fraction of sp³-hybridized carbons (Fsp3) is 0.917. The van der Waals surface area contributed by atoms with Crippen LogP contribution in [0.25, 0.3) is 10.4 Å². The molecule has 0 radical (unpaired) electrons. The zero-order chi connectivity index (χ0) is 14.5. The fourth-order valence-electron chi connectivity index (χ4n) is 2.00. The Morgan fingerprint density at radius 1 is 1.53 bits per heavy atom. The number of hydrogen-bond acceptors (Lipinski definition) is 4. The molecule has 7 nitrogen and oxygen atoms in total. The molecule has 0 N–H and O–H groups in total. The first-order valence-corrected chi connectivity index (χ1v) is 6.49. The number of carbonyl (C=O) groups is 1. The van der Waals surface area contributed by atoms with Gasteiger partial charge < -0.3 is 14.4 Å². The van der Waals surface area contributed by atoms with Crippen molar-refractivity contribution in [3.63, 3.8) is 0 Å². The van der Waals surface area contributed by atoms with Gasteiger partial charge in [-0.25, -0.2) is 4.79 Å². The van der Waals surface area contributed by atoms with Crippen molar-refractivity contribution < 1.29 is 14.3 Å². The van der Waals surface area contributed by atoms with E-state index in [9.17, 15) is 4.79 Å². The first kappa shape index (κ1) is 15.6. The van der Waals surface area contributed by atoms with Crippen molar-refractivity contribution in [1.82, 2.24) is 4.90 Å². The summed E-state index contributed by atoms with van der Waals surface area (Å²) in [6, 6.07) is -0.298. The minimum Gasteiger partial charge on any atom is -0.444 e. The zero-order valence-electron chi connectivity index (χ0n) is 12.0. The summed E-state index contributed by atoms with van der Waals surface area (Å²) in [5, 5.41) is 3.69. The van der Waals surface area contributed by atoms with E-state index < -0.39 is 5.60 Å². The molecule has 108 valence electrons. The molecule has 0 saturated carbocycles. The highest BCUT2D eigenvalue weighted by Gasteiger charge is 2.37. The maximum absolute atomic E-state index is 12.1. The number of nitrogens with zero attached hydrogens (tertiary/aromatic N) is 4. The summed E-state index contributed by atoms with van der Waals surface area (Å²) in [4.78, 5) is 16.5. The molecule has 0 aromatic heterocycles. The smallest absolute Gasteiger partial charge is 0.410 e. The lowest BCUT2D eigenvalue weighted by Crippen LogP contribution is -2.42. The van der Waals surface area contributed by atoms with Gasteiger partial charge in [0.25, 0.3) is 0 Å². The summed E-state index contributed by atoms with van der Waals surface area (Å²) in [5.41, 5.74) is 7.95. The van der Waals surface area contributed by atoms with Gasteiger partial charge in [-0.2, -0.15) is 0 Å². The van der Waals surface area contributed by atoms with E-state index >= 15 is 0 Å².